The molecule has 0 bridgehead atoms. The van der Waals surface area contributed by atoms with Crippen LogP contribution in [0.15, 0.2) is 28.7 Å². The van der Waals surface area contributed by atoms with Crippen LogP contribution in [0, 0.1) is 0 Å². The van der Waals surface area contributed by atoms with E-state index in [4.69, 9.17) is 5.73 Å². The van der Waals surface area contributed by atoms with Gasteiger partial charge in [0.1, 0.15) is 17.5 Å². The molecule has 5 nitrogen and oxygen atoms in total. The molecule has 0 radical (unpaired) electrons. The van der Waals surface area contributed by atoms with Crippen LogP contribution in [0.2, 0.25) is 0 Å². The molecule has 2 heterocycles. The van der Waals surface area contributed by atoms with Gasteiger partial charge in [-0.1, -0.05) is 25.5 Å². The summed E-state index contributed by atoms with van der Waals surface area (Å²) in [5.41, 5.74) is 8.88. The van der Waals surface area contributed by atoms with E-state index in [0.717, 1.165) is 39.9 Å². The van der Waals surface area contributed by atoms with Gasteiger partial charge in [-0.25, -0.2) is 15.0 Å². The number of anilines is 1. The standard InChI is InChI=1S/C15H16BrN5/c1-2-5-11-14(16)15(17)21-13(20-11)8-12-18-9-6-3-4-7-10(9)19-12/h3-4,6-7H,2,5,8H2,1H3,(H,18,19)(H2,17,20,21). The Bertz CT molecular complexity index is 748. The van der Waals surface area contributed by atoms with Gasteiger partial charge in [0.25, 0.3) is 0 Å². The van der Waals surface area contributed by atoms with Crippen molar-refractivity contribution >= 4 is 32.8 Å². The summed E-state index contributed by atoms with van der Waals surface area (Å²) in [4.78, 5) is 16.8. The molecule has 0 spiro atoms. The highest BCUT2D eigenvalue weighted by Gasteiger charge is 2.11. The van der Waals surface area contributed by atoms with Crippen LogP contribution in [0.25, 0.3) is 11.0 Å². The van der Waals surface area contributed by atoms with Crippen molar-refractivity contribution in [1.29, 1.82) is 0 Å². The third-order valence-corrected chi connectivity index (χ3v) is 4.11. The molecule has 0 amide bonds. The maximum absolute atomic E-state index is 5.95. The molecule has 3 N–H and O–H groups in total. The van der Waals surface area contributed by atoms with Crippen molar-refractivity contribution in [2.75, 3.05) is 5.73 Å². The smallest absolute Gasteiger partial charge is 0.141 e. The molecule has 0 aliphatic carbocycles. The van der Waals surface area contributed by atoms with E-state index in [2.05, 4.69) is 42.8 Å². The molecule has 0 atom stereocenters. The average Bonchev–Trinajstić information content (AvgIpc) is 2.86. The fourth-order valence-corrected chi connectivity index (χ4v) is 2.66. The Kier molecular flexibility index (Phi) is 3.88. The number of nitrogen functional groups attached to an aromatic ring is 1. The van der Waals surface area contributed by atoms with Crippen LogP contribution < -0.4 is 5.73 Å². The summed E-state index contributed by atoms with van der Waals surface area (Å²) in [6, 6.07) is 7.94. The Labute approximate surface area is 131 Å². The molecular weight excluding hydrogens is 330 g/mol. The molecule has 0 saturated heterocycles. The van der Waals surface area contributed by atoms with Crippen LogP contribution in [-0.2, 0) is 12.8 Å². The maximum Gasteiger partial charge on any atom is 0.141 e. The fourth-order valence-electron chi connectivity index (χ4n) is 2.29. The predicted octanol–water partition coefficient (Wildman–Crippen LogP) is 3.24. The average molecular weight is 346 g/mol. The van der Waals surface area contributed by atoms with Crippen molar-refractivity contribution in [1.82, 2.24) is 19.9 Å². The van der Waals surface area contributed by atoms with Crippen molar-refractivity contribution in [3.63, 3.8) is 0 Å². The first-order chi connectivity index (χ1) is 10.2. The van der Waals surface area contributed by atoms with E-state index in [9.17, 15) is 0 Å². The van der Waals surface area contributed by atoms with E-state index in [0.29, 0.717) is 18.1 Å². The molecule has 108 valence electrons. The van der Waals surface area contributed by atoms with Crippen LogP contribution in [-0.4, -0.2) is 19.9 Å². The maximum atomic E-state index is 5.95. The molecule has 0 fully saturated rings. The van der Waals surface area contributed by atoms with Crippen molar-refractivity contribution in [3.05, 3.63) is 46.1 Å². The highest BCUT2D eigenvalue weighted by molar-refractivity contribution is 9.10. The highest BCUT2D eigenvalue weighted by atomic mass is 79.9. The van der Waals surface area contributed by atoms with E-state index in [1.807, 2.05) is 24.3 Å². The summed E-state index contributed by atoms with van der Waals surface area (Å²) in [7, 11) is 0. The summed E-state index contributed by atoms with van der Waals surface area (Å²) >= 11 is 3.46. The topological polar surface area (TPSA) is 80.5 Å². The Hall–Kier alpha value is -1.95. The van der Waals surface area contributed by atoms with Crippen molar-refractivity contribution in [3.8, 4) is 0 Å². The predicted molar refractivity (Wildman–Crippen MR) is 87.0 cm³/mol. The molecule has 0 aliphatic heterocycles. The number of para-hydroxylation sites is 2. The van der Waals surface area contributed by atoms with Gasteiger partial charge in [-0.05, 0) is 34.5 Å². The Morgan fingerprint density at radius 1 is 1.19 bits per heavy atom. The van der Waals surface area contributed by atoms with E-state index in [1.165, 1.54) is 0 Å². The van der Waals surface area contributed by atoms with E-state index < -0.39 is 0 Å². The van der Waals surface area contributed by atoms with Gasteiger partial charge in [0.2, 0.25) is 0 Å². The fraction of sp³-hybridized carbons (Fsp3) is 0.267. The Morgan fingerprint density at radius 3 is 2.76 bits per heavy atom. The Morgan fingerprint density at radius 2 is 2.00 bits per heavy atom. The number of aryl methyl sites for hydroxylation is 1. The van der Waals surface area contributed by atoms with Crippen molar-refractivity contribution < 1.29 is 0 Å². The second kappa shape index (κ2) is 5.81. The van der Waals surface area contributed by atoms with Crippen LogP contribution >= 0.6 is 15.9 Å². The molecule has 3 aromatic rings. The third kappa shape index (κ3) is 2.90. The highest BCUT2D eigenvalue weighted by Crippen LogP contribution is 2.23. The summed E-state index contributed by atoms with van der Waals surface area (Å²) in [6.45, 7) is 2.11. The van der Waals surface area contributed by atoms with Gasteiger partial charge < -0.3 is 10.7 Å². The van der Waals surface area contributed by atoms with Crippen LogP contribution in [0.4, 0.5) is 5.82 Å². The van der Waals surface area contributed by atoms with E-state index >= 15 is 0 Å². The van der Waals surface area contributed by atoms with Gasteiger partial charge >= 0.3 is 0 Å². The molecule has 21 heavy (non-hydrogen) atoms. The molecule has 0 saturated carbocycles. The first-order valence-electron chi connectivity index (χ1n) is 6.91. The number of aromatic amines is 1. The van der Waals surface area contributed by atoms with Crippen LogP contribution in [0.5, 0.6) is 0 Å². The summed E-state index contributed by atoms with van der Waals surface area (Å²) < 4.78 is 0.803. The number of halogens is 1. The molecule has 2 aromatic heterocycles. The lowest BCUT2D eigenvalue weighted by Gasteiger charge is -2.07. The second-order valence-electron chi connectivity index (χ2n) is 4.91. The van der Waals surface area contributed by atoms with Gasteiger partial charge in [0.05, 0.1) is 27.6 Å². The molecule has 3 rings (SSSR count). The number of H-pyrrole nitrogens is 1. The van der Waals surface area contributed by atoms with Gasteiger partial charge in [0.15, 0.2) is 0 Å². The Balaban J connectivity index is 1.93. The van der Waals surface area contributed by atoms with Crippen LogP contribution in [0.1, 0.15) is 30.7 Å². The summed E-state index contributed by atoms with van der Waals surface area (Å²) in [5.74, 6) is 2.03. The first kappa shape index (κ1) is 14.0. The number of nitrogens with zero attached hydrogens (tertiary/aromatic N) is 3. The zero-order valence-corrected chi connectivity index (χ0v) is 13.3. The van der Waals surface area contributed by atoms with Gasteiger partial charge in [-0.15, -0.1) is 0 Å². The number of rotatable bonds is 4. The number of nitrogens with two attached hydrogens (primary N) is 1. The third-order valence-electron chi connectivity index (χ3n) is 3.24. The van der Waals surface area contributed by atoms with E-state index in [-0.39, 0.29) is 0 Å². The van der Waals surface area contributed by atoms with Crippen molar-refractivity contribution in [2.24, 2.45) is 0 Å². The number of benzene rings is 1. The minimum atomic E-state index is 0.486. The molecule has 1 aromatic carbocycles. The van der Waals surface area contributed by atoms with Crippen LogP contribution in [0.3, 0.4) is 0 Å². The molecule has 0 aliphatic rings. The minimum Gasteiger partial charge on any atom is -0.383 e. The second-order valence-corrected chi connectivity index (χ2v) is 5.71. The number of fused-ring (bicyclic) bond motifs is 1. The van der Waals surface area contributed by atoms with Gasteiger partial charge in [0, 0.05) is 0 Å². The number of imidazole rings is 1. The molecule has 0 unspecified atom stereocenters. The van der Waals surface area contributed by atoms with Gasteiger partial charge in [-0.3, -0.25) is 0 Å². The monoisotopic (exact) mass is 345 g/mol. The zero-order valence-electron chi connectivity index (χ0n) is 11.7. The minimum absolute atomic E-state index is 0.486. The summed E-state index contributed by atoms with van der Waals surface area (Å²) in [5, 5.41) is 0. The SMILES string of the molecule is CCCc1nc(Cc2nc3ccccc3[nH]2)nc(N)c1Br. The lowest BCUT2D eigenvalue weighted by molar-refractivity contribution is 0.827. The van der Waals surface area contributed by atoms with Crippen molar-refractivity contribution in [2.45, 2.75) is 26.2 Å². The zero-order chi connectivity index (χ0) is 14.8. The number of hydrogen-bond donors (Lipinski definition) is 2. The number of hydrogen-bond acceptors (Lipinski definition) is 4. The lowest BCUT2D eigenvalue weighted by Crippen LogP contribution is -2.06. The molecule has 6 heteroatoms. The summed E-state index contributed by atoms with van der Waals surface area (Å²) in [6.07, 6.45) is 2.43. The quantitative estimate of drug-likeness (QED) is 0.760. The number of aromatic nitrogens is 4. The van der Waals surface area contributed by atoms with Gasteiger partial charge in [-0.2, -0.15) is 0 Å². The normalized spacial score (nSPS) is 11.1. The first-order valence-corrected chi connectivity index (χ1v) is 7.71. The lowest BCUT2D eigenvalue weighted by atomic mass is 10.2. The van der Waals surface area contributed by atoms with E-state index in [1.54, 1.807) is 0 Å². The largest absolute Gasteiger partial charge is 0.383 e. The molecular formula is C15H16BrN5. The number of nitrogens with one attached hydrogen (secondary N) is 1.